The summed E-state index contributed by atoms with van der Waals surface area (Å²) in [6, 6.07) is 0. The summed E-state index contributed by atoms with van der Waals surface area (Å²) in [5, 5.41) is 0. The third-order valence-electron chi connectivity index (χ3n) is 0.115. The molecule has 0 heterocycles. The lowest BCUT2D eigenvalue weighted by atomic mass is 10.9. The lowest BCUT2D eigenvalue weighted by Gasteiger charge is -1.82. The molecule has 6 N–H and O–H groups in total. The Morgan fingerprint density at radius 2 is 1.07 bits per heavy atom. The lowest BCUT2D eigenvalue weighted by Crippen LogP contribution is -1.66. The maximum atomic E-state index is 8.88. The van der Waals surface area contributed by atoms with Crippen molar-refractivity contribution in [2.45, 2.75) is 6.92 Å². The zero-order chi connectivity index (χ0) is 12.4. The molecule has 0 aromatic carbocycles. The average Bonchev–Trinajstić information content (AvgIpc) is 1.79. The van der Waals surface area contributed by atoms with E-state index in [1.165, 1.54) is 6.21 Å². The summed E-state index contributed by atoms with van der Waals surface area (Å²) in [4.78, 5) is 45.7. The number of phosphoric acid groups is 2. The van der Waals surface area contributed by atoms with Crippen molar-refractivity contribution < 1.29 is 43.3 Å². The van der Waals surface area contributed by atoms with Crippen LogP contribution in [0, 0.1) is 0 Å². The van der Waals surface area contributed by atoms with Crippen LogP contribution in [-0.2, 0) is 9.13 Å². The van der Waals surface area contributed by atoms with Gasteiger partial charge in [0.25, 0.3) is 6.21 Å². The fourth-order valence-electron chi connectivity index (χ4n) is 0. The highest BCUT2D eigenvalue weighted by Crippen LogP contribution is 2.26. The van der Waals surface area contributed by atoms with Gasteiger partial charge in [0.15, 0.2) is 0 Å². The van der Waals surface area contributed by atoms with Crippen molar-refractivity contribution in [2.75, 3.05) is 0 Å². The predicted octanol–water partition coefficient (Wildman–Crippen LogP) is -1.55. The van der Waals surface area contributed by atoms with Crippen molar-refractivity contribution >= 4 is 21.9 Å². The highest BCUT2D eigenvalue weighted by atomic mass is 31.2. The van der Waals surface area contributed by atoms with E-state index in [-0.39, 0.29) is 0 Å². The first-order valence-electron chi connectivity index (χ1n) is 2.60. The molecule has 0 saturated carbocycles. The minimum absolute atomic E-state index is 1.31. The molecule has 0 saturated heterocycles. The third-order valence-corrected chi connectivity index (χ3v) is 0.115. The maximum Gasteiger partial charge on any atom is 0.466 e. The van der Waals surface area contributed by atoms with Crippen molar-refractivity contribution in [3.63, 3.8) is 0 Å². The molecule has 0 aromatic rings. The van der Waals surface area contributed by atoms with Gasteiger partial charge >= 0.3 is 15.6 Å². The molecule has 12 heteroatoms. The van der Waals surface area contributed by atoms with Crippen LogP contribution in [0.5, 0.6) is 0 Å². The first-order chi connectivity index (χ1) is 5.91. The molecule has 0 aliphatic rings. The first kappa shape index (κ1) is 19.2. The molecule has 0 aliphatic carbocycles. The van der Waals surface area contributed by atoms with E-state index in [9.17, 15) is 0 Å². The molecule has 14 heavy (non-hydrogen) atoms. The molecule has 0 radical (unpaired) electrons. The largest absolute Gasteiger partial charge is 0.466 e. The monoisotopic (exact) mass is 252 g/mol. The van der Waals surface area contributed by atoms with Crippen LogP contribution in [0.2, 0.25) is 0 Å². The van der Waals surface area contributed by atoms with Gasteiger partial charge in [0, 0.05) is 6.92 Å². The predicted molar refractivity (Wildman–Crippen MR) is 43.9 cm³/mol. The van der Waals surface area contributed by atoms with Gasteiger partial charge in [-0.2, -0.15) is 4.79 Å². The van der Waals surface area contributed by atoms with Gasteiger partial charge in [-0.05, 0) is 0 Å². The van der Waals surface area contributed by atoms with Crippen LogP contribution < -0.4 is 0 Å². The number of hydrogen-bond donors (Lipinski definition) is 6. The van der Waals surface area contributed by atoms with Crippen LogP contribution in [0.4, 0.5) is 0 Å². The molecule has 0 bridgehead atoms. The van der Waals surface area contributed by atoms with E-state index < -0.39 is 15.6 Å². The molecule has 0 aromatic heterocycles. The third kappa shape index (κ3) is 3620. The van der Waals surface area contributed by atoms with E-state index in [0.717, 1.165) is 0 Å². The Kier molecular flexibility index (Phi) is 12.6. The summed E-state index contributed by atoms with van der Waals surface area (Å²) < 4.78 is 17.8. The maximum absolute atomic E-state index is 8.88. The number of hydrogen-bond acceptors (Lipinski definition) is 2. The molecule has 0 atom stereocenters. The van der Waals surface area contributed by atoms with Crippen LogP contribution in [-0.4, -0.2) is 40.4 Å². The van der Waals surface area contributed by atoms with Crippen LogP contribution in [0.25, 0.3) is 5.53 Å². The highest BCUT2D eigenvalue weighted by Gasteiger charge is 2.00. The van der Waals surface area contributed by atoms with E-state index in [4.69, 9.17) is 44.0 Å². The van der Waals surface area contributed by atoms with E-state index in [0.29, 0.717) is 0 Å². The van der Waals surface area contributed by atoms with Gasteiger partial charge in [-0.3, -0.25) is 0 Å². The molecular formula is C2H10N2O8P2. The van der Waals surface area contributed by atoms with Crippen LogP contribution in [0.3, 0.4) is 0 Å². The van der Waals surface area contributed by atoms with Gasteiger partial charge in [0.05, 0.1) is 0 Å². The summed E-state index contributed by atoms with van der Waals surface area (Å²) in [7, 11) is -9.28. The van der Waals surface area contributed by atoms with Gasteiger partial charge in [0.2, 0.25) is 0 Å². The summed E-state index contributed by atoms with van der Waals surface area (Å²) >= 11 is 0. The van der Waals surface area contributed by atoms with E-state index >= 15 is 0 Å². The van der Waals surface area contributed by atoms with Crippen molar-refractivity contribution in [2.24, 2.45) is 0 Å². The Morgan fingerprint density at radius 1 is 1.00 bits per heavy atom. The quantitative estimate of drug-likeness (QED) is 0.129. The van der Waals surface area contributed by atoms with Gasteiger partial charge < -0.3 is 34.9 Å². The fourth-order valence-corrected chi connectivity index (χ4v) is 0. The normalized spacial score (nSPS) is 9.64. The molecular weight excluding hydrogens is 242 g/mol. The number of nitrogens with zero attached hydrogens (tertiary/aromatic N) is 2. The fraction of sp³-hybridized carbons (Fsp3) is 0.500. The second-order valence-corrected chi connectivity index (χ2v) is 3.45. The van der Waals surface area contributed by atoms with Gasteiger partial charge in [0.1, 0.15) is 0 Å². The van der Waals surface area contributed by atoms with Crippen molar-refractivity contribution in [1.82, 2.24) is 0 Å². The van der Waals surface area contributed by atoms with Crippen LogP contribution in [0.1, 0.15) is 6.92 Å². The summed E-state index contributed by atoms with van der Waals surface area (Å²) in [6.45, 7) is 1.64. The molecule has 0 aliphatic heterocycles. The minimum atomic E-state index is -4.64. The minimum Gasteiger partial charge on any atom is -0.362 e. The Hall–Kier alpha value is -0.400. The second kappa shape index (κ2) is 9.17. The van der Waals surface area contributed by atoms with E-state index in [1.807, 2.05) is 0 Å². The Morgan fingerprint density at radius 3 is 1.07 bits per heavy atom. The van der Waals surface area contributed by atoms with Gasteiger partial charge in [-0.25, -0.2) is 9.13 Å². The standard InChI is InChI=1S/C2H4N2.2H3O4P/c1-2-4-3;2*1-5(2,3)4/h2H,1H3;2*(H3,1,2,3,4). The molecule has 0 spiro atoms. The Balaban J connectivity index is -0.000000131. The van der Waals surface area contributed by atoms with E-state index in [1.54, 1.807) is 6.92 Å². The van der Waals surface area contributed by atoms with Crippen LogP contribution >= 0.6 is 15.6 Å². The zero-order valence-corrected chi connectivity index (χ0v) is 8.65. The van der Waals surface area contributed by atoms with E-state index in [2.05, 4.69) is 4.79 Å². The molecule has 0 amide bonds. The Bertz CT molecular complexity index is 222. The van der Waals surface area contributed by atoms with Crippen LogP contribution in [0.15, 0.2) is 0 Å². The molecule has 86 valence electrons. The molecule has 0 rings (SSSR count). The lowest BCUT2D eigenvalue weighted by molar-refractivity contribution is 0.00297. The smallest absolute Gasteiger partial charge is 0.362 e. The topological polar surface area (TPSA) is 192 Å². The molecule has 0 fully saturated rings. The first-order valence-corrected chi connectivity index (χ1v) is 5.73. The van der Waals surface area contributed by atoms with Gasteiger partial charge in [-0.15, -0.1) is 0 Å². The average molecular weight is 252 g/mol. The second-order valence-electron chi connectivity index (χ2n) is 1.40. The SMILES string of the molecule is CC=[N+]=[N-].O=P(O)(O)O.O=P(O)(O)O. The van der Waals surface area contributed by atoms with Crippen molar-refractivity contribution in [3.05, 3.63) is 5.53 Å². The summed E-state index contributed by atoms with van der Waals surface area (Å²) in [5.41, 5.74) is 7.44. The zero-order valence-electron chi connectivity index (χ0n) is 6.87. The number of rotatable bonds is 0. The van der Waals surface area contributed by atoms with Crippen molar-refractivity contribution in [1.29, 1.82) is 0 Å². The summed E-state index contributed by atoms with van der Waals surface area (Å²) in [5.74, 6) is 0. The van der Waals surface area contributed by atoms with Crippen molar-refractivity contribution in [3.8, 4) is 0 Å². The molecule has 0 unspecified atom stereocenters. The summed E-state index contributed by atoms with van der Waals surface area (Å²) in [6.07, 6.45) is 1.31. The van der Waals surface area contributed by atoms with Gasteiger partial charge in [-0.1, -0.05) is 0 Å². The Labute approximate surface area is 78.6 Å². The highest BCUT2D eigenvalue weighted by molar-refractivity contribution is 7.45. The molecule has 10 nitrogen and oxygen atoms in total.